The third-order valence-corrected chi connectivity index (χ3v) is 2.90. The third-order valence-electron chi connectivity index (χ3n) is 2.90. The lowest BCUT2D eigenvalue weighted by Gasteiger charge is -2.15. The van der Waals surface area contributed by atoms with E-state index in [1.165, 1.54) is 29.0 Å². The van der Waals surface area contributed by atoms with E-state index in [1.54, 1.807) is 6.92 Å². The Bertz CT molecular complexity index is 652. The molecule has 0 fully saturated rings. The van der Waals surface area contributed by atoms with Crippen LogP contribution >= 0.6 is 0 Å². The van der Waals surface area contributed by atoms with Crippen LogP contribution < -0.4 is 4.74 Å². The lowest BCUT2D eigenvalue weighted by atomic mass is 10.1. The lowest BCUT2D eigenvalue weighted by molar-refractivity contribution is -0.210. The zero-order chi connectivity index (χ0) is 15.6. The highest BCUT2D eigenvalue weighted by molar-refractivity contribution is 6.01. The molecule has 1 atom stereocenters. The van der Waals surface area contributed by atoms with Crippen molar-refractivity contribution in [1.82, 2.24) is 9.61 Å². The molecule has 0 aliphatic heterocycles. The second kappa shape index (κ2) is 5.72. The number of aromatic nitrogens is 2. The predicted octanol–water partition coefficient (Wildman–Crippen LogP) is 2.23. The van der Waals surface area contributed by atoms with Crippen molar-refractivity contribution in [2.75, 3.05) is 6.61 Å². The van der Waals surface area contributed by atoms with Gasteiger partial charge in [0.25, 0.3) is 0 Å². The summed E-state index contributed by atoms with van der Waals surface area (Å²) in [6, 6.07) is 2.96. The fourth-order valence-corrected chi connectivity index (χ4v) is 1.73. The molecular weight excluding hydrogens is 289 g/mol. The number of hydrogen-bond donors (Lipinski definition) is 1. The highest BCUT2D eigenvalue weighted by Crippen LogP contribution is 2.22. The zero-order valence-electron chi connectivity index (χ0n) is 11.1. The molecule has 0 spiro atoms. The summed E-state index contributed by atoms with van der Waals surface area (Å²) < 4.78 is 42.7. The van der Waals surface area contributed by atoms with Crippen molar-refractivity contribution in [3.05, 3.63) is 30.1 Å². The van der Waals surface area contributed by atoms with Crippen molar-refractivity contribution in [2.24, 2.45) is 0 Å². The number of nitrogens with zero attached hydrogens (tertiary/aromatic N) is 2. The summed E-state index contributed by atoms with van der Waals surface area (Å²) in [7, 11) is 0. The van der Waals surface area contributed by atoms with Crippen molar-refractivity contribution >= 4 is 11.3 Å². The fraction of sp³-hybridized carbons (Fsp3) is 0.385. The molecule has 0 saturated heterocycles. The molecule has 0 amide bonds. The number of carbonyl (C=O) groups is 1. The summed E-state index contributed by atoms with van der Waals surface area (Å²) in [4.78, 5) is 11.7. The van der Waals surface area contributed by atoms with Gasteiger partial charge in [0.05, 0.1) is 23.5 Å². The van der Waals surface area contributed by atoms with E-state index in [-0.39, 0.29) is 11.5 Å². The summed E-state index contributed by atoms with van der Waals surface area (Å²) in [6.45, 7) is 0.818. The van der Waals surface area contributed by atoms with E-state index in [0.717, 1.165) is 0 Å². The number of fused-ring (bicyclic) bond motifs is 1. The number of rotatable bonds is 5. The molecule has 0 bridgehead atoms. The van der Waals surface area contributed by atoms with Crippen LogP contribution in [0, 0.1) is 0 Å². The molecule has 5 nitrogen and oxygen atoms in total. The molecule has 1 N–H and O–H groups in total. The Morgan fingerprint density at radius 1 is 1.48 bits per heavy atom. The van der Waals surface area contributed by atoms with E-state index in [2.05, 4.69) is 5.10 Å². The van der Waals surface area contributed by atoms with Crippen molar-refractivity contribution in [3.8, 4) is 5.75 Å². The first-order chi connectivity index (χ1) is 9.82. The van der Waals surface area contributed by atoms with Crippen molar-refractivity contribution in [3.63, 3.8) is 0 Å². The van der Waals surface area contributed by atoms with Crippen molar-refractivity contribution in [2.45, 2.75) is 25.6 Å². The van der Waals surface area contributed by atoms with Gasteiger partial charge in [-0.15, -0.1) is 0 Å². The van der Waals surface area contributed by atoms with Gasteiger partial charge in [-0.3, -0.25) is 4.79 Å². The summed E-state index contributed by atoms with van der Waals surface area (Å²) in [5.74, 6) is 0.0376. The zero-order valence-corrected chi connectivity index (χ0v) is 11.1. The third kappa shape index (κ3) is 3.33. The maximum Gasteiger partial charge on any atom is 0.417 e. The first-order valence-corrected chi connectivity index (χ1v) is 6.21. The second-order valence-corrected chi connectivity index (χ2v) is 4.40. The van der Waals surface area contributed by atoms with Gasteiger partial charge < -0.3 is 9.84 Å². The quantitative estimate of drug-likeness (QED) is 0.860. The number of ketones is 1. The monoisotopic (exact) mass is 302 g/mol. The second-order valence-electron chi connectivity index (χ2n) is 4.40. The Morgan fingerprint density at radius 2 is 2.19 bits per heavy atom. The lowest BCUT2D eigenvalue weighted by Crippen LogP contribution is -2.34. The maximum atomic E-state index is 12.2. The van der Waals surface area contributed by atoms with Crippen LogP contribution in [0.2, 0.25) is 0 Å². The first kappa shape index (κ1) is 15.3. The number of halogens is 3. The Labute approximate surface area is 117 Å². The minimum absolute atomic E-state index is 0.0776. The molecule has 0 radical (unpaired) electrons. The molecule has 0 aliphatic rings. The Morgan fingerprint density at radius 3 is 2.81 bits per heavy atom. The molecule has 0 aromatic carbocycles. The predicted molar refractivity (Wildman–Crippen MR) is 67.4 cm³/mol. The van der Waals surface area contributed by atoms with E-state index in [9.17, 15) is 18.0 Å². The number of ether oxygens (including phenoxy) is 1. The first-order valence-electron chi connectivity index (χ1n) is 6.21. The van der Waals surface area contributed by atoms with Gasteiger partial charge in [0.15, 0.2) is 11.9 Å². The molecule has 21 heavy (non-hydrogen) atoms. The van der Waals surface area contributed by atoms with Gasteiger partial charge in [0.1, 0.15) is 12.4 Å². The molecule has 114 valence electrons. The van der Waals surface area contributed by atoms with Gasteiger partial charge in [-0.25, -0.2) is 4.52 Å². The summed E-state index contributed by atoms with van der Waals surface area (Å²) in [5, 5.41) is 12.8. The number of Topliss-reactive ketones (excluding diaryl/α,β-unsaturated/α-hetero) is 1. The topological polar surface area (TPSA) is 63.8 Å². The molecule has 8 heteroatoms. The summed E-state index contributed by atoms with van der Waals surface area (Å²) in [5.41, 5.74) is 0.991. The molecule has 2 aromatic rings. The van der Waals surface area contributed by atoms with Crippen LogP contribution in [0.15, 0.2) is 24.5 Å². The molecule has 2 rings (SSSR count). The maximum absolute atomic E-state index is 12.2. The minimum atomic E-state index is -4.73. The van der Waals surface area contributed by atoms with E-state index in [1.807, 2.05) is 0 Å². The molecule has 2 aromatic heterocycles. The van der Waals surface area contributed by atoms with Crippen LogP contribution in [0.4, 0.5) is 13.2 Å². The number of aliphatic hydroxyl groups excluding tert-OH is 1. The van der Waals surface area contributed by atoms with Crippen LogP contribution in [0.1, 0.15) is 23.7 Å². The van der Waals surface area contributed by atoms with Gasteiger partial charge in [-0.2, -0.15) is 18.3 Å². The number of hydrogen-bond acceptors (Lipinski definition) is 4. The molecular formula is C13H13F3N2O3. The molecule has 0 saturated carbocycles. The minimum Gasteiger partial charge on any atom is -0.489 e. The highest BCUT2D eigenvalue weighted by Gasteiger charge is 2.38. The average Bonchev–Trinajstić information content (AvgIpc) is 2.85. The molecule has 0 aliphatic carbocycles. The van der Waals surface area contributed by atoms with Crippen LogP contribution in [-0.2, 0) is 0 Å². The highest BCUT2D eigenvalue weighted by atomic mass is 19.4. The van der Waals surface area contributed by atoms with Crippen LogP contribution in [0.3, 0.4) is 0 Å². The van der Waals surface area contributed by atoms with Gasteiger partial charge in [0.2, 0.25) is 0 Å². The van der Waals surface area contributed by atoms with E-state index in [0.29, 0.717) is 17.5 Å². The summed E-state index contributed by atoms with van der Waals surface area (Å²) in [6.07, 6.45) is -4.20. The van der Waals surface area contributed by atoms with Crippen LogP contribution in [0.5, 0.6) is 5.75 Å². The van der Waals surface area contributed by atoms with E-state index >= 15 is 0 Å². The SMILES string of the molecule is CCC(=O)c1cnn2cc(OCC(O)C(F)(F)F)ccc12. The number of alkyl halides is 3. The molecule has 2 heterocycles. The largest absolute Gasteiger partial charge is 0.489 e. The summed E-state index contributed by atoms with van der Waals surface area (Å²) >= 11 is 0. The smallest absolute Gasteiger partial charge is 0.417 e. The number of pyridine rings is 1. The van der Waals surface area contributed by atoms with Gasteiger partial charge in [-0.05, 0) is 12.1 Å². The van der Waals surface area contributed by atoms with E-state index in [4.69, 9.17) is 9.84 Å². The van der Waals surface area contributed by atoms with Crippen LogP contribution in [-0.4, -0.2) is 39.4 Å². The number of carbonyl (C=O) groups excluding carboxylic acids is 1. The van der Waals surface area contributed by atoms with Crippen molar-refractivity contribution < 1.29 is 27.8 Å². The normalized spacial score (nSPS) is 13.4. The fourth-order valence-electron chi connectivity index (χ4n) is 1.73. The number of aliphatic hydroxyl groups is 1. The Hall–Kier alpha value is -2.09. The van der Waals surface area contributed by atoms with Gasteiger partial charge >= 0.3 is 6.18 Å². The standard InChI is InChI=1S/C13H13F3N2O3/c1-2-11(19)9-5-17-18-6-8(3-4-10(9)18)21-7-12(20)13(14,15)16/h3-6,12,20H,2,7H2,1H3. The average molecular weight is 302 g/mol. The molecule has 1 unspecified atom stereocenters. The van der Waals surface area contributed by atoms with Crippen molar-refractivity contribution in [1.29, 1.82) is 0 Å². The Balaban J connectivity index is 2.15. The van der Waals surface area contributed by atoms with E-state index < -0.39 is 18.9 Å². The van der Waals surface area contributed by atoms with Gasteiger partial charge in [-0.1, -0.05) is 6.92 Å². The van der Waals surface area contributed by atoms with Gasteiger partial charge in [0, 0.05) is 6.42 Å². The van der Waals surface area contributed by atoms with Crippen LogP contribution in [0.25, 0.3) is 5.52 Å². The Kier molecular flexibility index (Phi) is 4.17.